The van der Waals surface area contributed by atoms with Crippen LogP contribution in [0.1, 0.15) is 11.1 Å². The SMILES string of the molecule is O=C(CN1C(=O)S/C(=C\c2ccc(OCc3ccc4ccccc4c3)cc2)C1=O)Nc1ccc(N2CCOCC2)cc1. The first-order valence-corrected chi connectivity index (χ1v) is 14.5. The van der Waals surface area contributed by atoms with Crippen LogP contribution in [0.4, 0.5) is 16.2 Å². The lowest BCUT2D eigenvalue weighted by atomic mass is 10.1. The lowest BCUT2D eigenvalue weighted by molar-refractivity contribution is -0.127. The Morgan fingerprint density at radius 1 is 0.905 bits per heavy atom. The number of nitrogens with one attached hydrogen (secondary N) is 1. The summed E-state index contributed by atoms with van der Waals surface area (Å²) in [5.74, 6) is -0.229. The molecule has 6 rings (SSSR count). The quantitative estimate of drug-likeness (QED) is 0.259. The number of fused-ring (bicyclic) bond motifs is 1. The predicted molar refractivity (Wildman–Crippen MR) is 166 cm³/mol. The number of morpholine rings is 1. The van der Waals surface area contributed by atoms with Crippen LogP contribution in [0.25, 0.3) is 16.8 Å². The number of thioether (sulfide) groups is 1. The summed E-state index contributed by atoms with van der Waals surface area (Å²) in [7, 11) is 0. The number of carbonyl (C=O) groups excluding carboxylic acids is 3. The van der Waals surface area contributed by atoms with Crippen LogP contribution in [0.15, 0.2) is 95.9 Å². The average Bonchev–Trinajstić information content (AvgIpc) is 3.28. The smallest absolute Gasteiger partial charge is 0.294 e. The van der Waals surface area contributed by atoms with Crippen molar-refractivity contribution >= 4 is 57.0 Å². The number of rotatable bonds is 8. The van der Waals surface area contributed by atoms with Gasteiger partial charge in [-0.25, -0.2) is 0 Å². The molecule has 0 radical (unpaired) electrons. The van der Waals surface area contributed by atoms with E-state index in [9.17, 15) is 14.4 Å². The molecule has 0 aromatic heterocycles. The summed E-state index contributed by atoms with van der Waals surface area (Å²) in [4.78, 5) is 41.6. The molecule has 4 aromatic rings. The van der Waals surface area contributed by atoms with Gasteiger partial charge in [0.15, 0.2) is 0 Å². The standard InChI is InChI=1S/C33H29N3O5S/c37-31(34-27-9-11-28(12-10-27)35-15-17-40-18-16-35)21-36-32(38)30(42-33(36)39)20-23-6-13-29(14-7-23)41-22-24-5-8-25-3-1-2-4-26(25)19-24/h1-14,19-20H,15-18,21-22H2,(H,34,37)/b30-20-. The predicted octanol–water partition coefficient (Wildman–Crippen LogP) is 5.93. The van der Waals surface area contributed by atoms with E-state index >= 15 is 0 Å². The van der Waals surface area contributed by atoms with Crippen LogP contribution in [-0.2, 0) is 20.9 Å². The van der Waals surface area contributed by atoms with Gasteiger partial charge < -0.3 is 19.7 Å². The largest absolute Gasteiger partial charge is 0.489 e. The highest BCUT2D eigenvalue weighted by atomic mass is 32.2. The van der Waals surface area contributed by atoms with E-state index in [1.54, 1.807) is 6.08 Å². The van der Waals surface area contributed by atoms with Crippen LogP contribution in [-0.4, -0.2) is 54.8 Å². The molecule has 2 fully saturated rings. The Labute approximate surface area is 247 Å². The van der Waals surface area contributed by atoms with E-state index in [1.807, 2.05) is 60.7 Å². The minimum atomic E-state index is -0.487. The fraction of sp³-hybridized carbons (Fsp3) is 0.182. The van der Waals surface area contributed by atoms with Crippen LogP contribution < -0.4 is 15.0 Å². The minimum Gasteiger partial charge on any atom is -0.489 e. The summed E-state index contributed by atoms with van der Waals surface area (Å²) in [5, 5.41) is 4.65. The molecule has 4 aromatic carbocycles. The van der Waals surface area contributed by atoms with Gasteiger partial charge in [0.1, 0.15) is 18.9 Å². The number of amides is 3. The molecule has 2 aliphatic heterocycles. The highest BCUT2D eigenvalue weighted by Crippen LogP contribution is 2.32. The highest BCUT2D eigenvalue weighted by molar-refractivity contribution is 8.18. The van der Waals surface area contributed by atoms with Crippen molar-refractivity contribution in [3.8, 4) is 5.75 Å². The number of anilines is 2. The molecule has 2 saturated heterocycles. The molecule has 0 atom stereocenters. The number of carbonyl (C=O) groups is 3. The molecular formula is C33H29N3O5S. The third-order valence-electron chi connectivity index (χ3n) is 7.10. The molecule has 212 valence electrons. The van der Waals surface area contributed by atoms with Gasteiger partial charge in [-0.05, 0) is 82.2 Å². The van der Waals surface area contributed by atoms with Crippen LogP contribution in [0.5, 0.6) is 5.75 Å². The van der Waals surface area contributed by atoms with Crippen LogP contribution in [0, 0.1) is 0 Å². The van der Waals surface area contributed by atoms with Gasteiger partial charge in [-0.2, -0.15) is 0 Å². The number of ether oxygens (including phenoxy) is 2. The first-order valence-electron chi connectivity index (χ1n) is 13.7. The van der Waals surface area contributed by atoms with Gasteiger partial charge in [0.05, 0.1) is 18.1 Å². The summed E-state index contributed by atoms with van der Waals surface area (Å²) >= 11 is 0.827. The second-order valence-corrected chi connectivity index (χ2v) is 11.0. The van der Waals surface area contributed by atoms with Gasteiger partial charge in [-0.1, -0.05) is 48.5 Å². The molecule has 0 bridgehead atoms. The molecule has 3 amide bonds. The zero-order valence-corrected chi connectivity index (χ0v) is 23.6. The van der Waals surface area contributed by atoms with E-state index in [0.29, 0.717) is 31.3 Å². The molecule has 2 heterocycles. The van der Waals surface area contributed by atoms with Gasteiger partial charge >= 0.3 is 0 Å². The topological polar surface area (TPSA) is 88.2 Å². The molecule has 2 aliphatic rings. The number of nitrogens with zero attached hydrogens (tertiary/aromatic N) is 2. The summed E-state index contributed by atoms with van der Waals surface area (Å²) in [6.45, 7) is 3.11. The molecule has 0 unspecified atom stereocenters. The van der Waals surface area contributed by atoms with Gasteiger partial charge in [0, 0.05) is 24.5 Å². The van der Waals surface area contributed by atoms with Gasteiger partial charge in [0.2, 0.25) is 5.91 Å². The lowest BCUT2D eigenvalue weighted by Crippen LogP contribution is -2.36. The maximum Gasteiger partial charge on any atom is 0.294 e. The Balaban J connectivity index is 1.02. The van der Waals surface area contributed by atoms with Crippen LogP contribution in [0.2, 0.25) is 0 Å². The highest BCUT2D eigenvalue weighted by Gasteiger charge is 2.36. The summed E-state index contributed by atoms with van der Waals surface area (Å²) in [5.41, 5.74) is 3.48. The van der Waals surface area contributed by atoms with Crippen LogP contribution >= 0.6 is 11.8 Å². The van der Waals surface area contributed by atoms with E-state index in [2.05, 4.69) is 40.5 Å². The van der Waals surface area contributed by atoms with Crippen molar-refractivity contribution in [2.45, 2.75) is 6.61 Å². The van der Waals surface area contributed by atoms with Crippen molar-refractivity contribution in [2.75, 3.05) is 43.1 Å². The van der Waals surface area contributed by atoms with E-state index in [0.717, 1.165) is 46.6 Å². The normalized spacial score (nSPS) is 16.3. The Kier molecular flexibility index (Phi) is 8.21. The molecule has 8 nitrogen and oxygen atoms in total. The Hall–Kier alpha value is -4.60. The van der Waals surface area contributed by atoms with Crippen molar-refractivity contribution in [3.63, 3.8) is 0 Å². The fourth-order valence-electron chi connectivity index (χ4n) is 4.86. The van der Waals surface area contributed by atoms with Crippen molar-refractivity contribution in [3.05, 3.63) is 107 Å². The molecular weight excluding hydrogens is 550 g/mol. The first-order chi connectivity index (χ1) is 20.5. The Morgan fingerprint density at radius 3 is 2.40 bits per heavy atom. The van der Waals surface area contributed by atoms with E-state index < -0.39 is 17.1 Å². The molecule has 1 N–H and O–H groups in total. The maximum atomic E-state index is 12.9. The minimum absolute atomic E-state index is 0.271. The van der Waals surface area contributed by atoms with E-state index in [4.69, 9.17) is 9.47 Å². The fourth-order valence-corrected chi connectivity index (χ4v) is 5.70. The number of hydrogen-bond acceptors (Lipinski definition) is 7. The molecule has 9 heteroatoms. The monoisotopic (exact) mass is 579 g/mol. The number of benzene rings is 4. The number of imide groups is 1. The molecule has 0 spiro atoms. The summed E-state index contributed by atoms with van der Waals surface area (Å²) in [6.07, 6.45) is 1.65. The van der Waals surface area contributed by atoms with E-state index in [1.165, 1.54) is 10.8 Å². The Morgan fingerprint density at radius 2 is 1.64 bits per heavy atom. The number of hydrogen-bond donors (Lipinski definition) is 1. The summed E-state index contributed by atoms with van der Waals surface area (Å²) in [6, 6.07) is 29.2. The Bertz CT molecular complexity index is 1650. The van der Waals surface area contributed by atoms with Crippen LogP contribution in [0.3, 0.4) is 0 Å². The van der Waals surface area contributed by atoms with Crippen molar-refractivity contribution in [1.82, 2.24) is 4.90 Å². The van der Waals surface area contributed by atoms with Gasteiger partial charge in [-0.15, -0.1) is 0 Å². The first kappa shape index (κ1) is 27.6. The third-order valence-corrected chi connectivity index (χ3v) is 8.01. The third kappa shape index (κ3) is 6.48. The molecule has 42 heavy (non-hydrogen) atoms. The van der Waals surface area contributed by atoms with Gasteiger partial charge in [0.25, 0.3) is 11.1 Å². The van der Waals surface area contributed by atoms with Crippen molar-refractivity contribution in [1.29, 1.82) is 0 Å². The maximum absolute atomic E-state index is 12.9. The second kappa shape index (κ2) is 12.5. The van der Waals surface area contributed by atoms with Gasteiger partial charge in [-0.3, -0.25) is 19.3 Å². The molecule has 0 saturated carbocycles. The summed E-state index contributed by atoms with van der Waals surface area (Å²) < 4.78 is 11.3. The van der Waals surface area contributed by atoms with E-state index in [-0.39, 0.29) is 11.4 Å². The zero-order chi connectivity index (χ0) is 28.9. The zero-order valence-electron chi connectivity index (χ0n) is 22.8. The average molecular weight is 580 g/mol. The molecule has 0 aliphatic carbocycles. The second-order valence-electron chi connectivity index (χ2n) is 10.0. The van der Waals surface area contributed by atoms with Crippen molar-refractivity contribution < 1.29 is 23.9 Å². The lowest BCUT2D eigenvalue weighted by Gasteiger charge is -2.28. The van der Waals surface area contributed by atoms with Crippen molar-refractivity contribution in [2.24, 2.45) is 0 Å².